The fourth-order valence-corrected chi connectivity index (χ4v) is 10.3. The molecule has 0 N–H and O–H groups in total. The Labute approximate surface area is 248 Å². The van der Waals surface area contributed by atoms with Gasteiger partial charge in [-0.2, -0.15) is 0 Å². The molecule has 2 atom stereocenters. The molecule has 9 rings (SSSR count). The monoisotopic (exact) mass is 547 g/mol. The van der Waals surface area contributed by atoms with Gasteiger partial charge in [0.25, 0.3) is 0 Å². The van der Waals surface area contributed by atoms with Gasteiger partial charge in [0, 0.05) is 32.1 Å². The molecule has 4 aromatic carbocycles. The maximum atomic E-state index is 2.88. The lowest BCUT2D eigenvalue weighted by Gasteiger charge is -2.53. The number of rotatable bonds is 2. The number of para-hydroxylation sites is 1. The van der Waals surface area contributed by atoms with Crippen LogP contribution in [0.2, 0.25) is 0 Å². The number of anilines is 2. The van der Waals surface area contributed by atoms with Gasteiger partial charge in [-0.05, 0) is 77.9 Å². The maximum Gasteiger partial charge on any atom is 0.249 e. The minimum atomic E-state index is 0.0436. The molecule has 4 aromatic rings. The second-order valence-electron chi connectivity index (χ2n) is 13.1. The van der Waals surface area contributed by atoms with Crippen LogP contribution < -0.4 is 21.3 Å². The summed E-state index contributed by atoms with van der Waals surface area (Å²) in [5, 5.41) is 0. The van der Waals surface area contributed by atoms with E-state index in [9.17, 15) is 0 Å². The number of benzene rings is 4. The van der Waals surface area contributed by atoms with E-state index in [2.05, 4.69) is 116 Å². The summed E-state index contributed by atoms with van der Waals surface area (Å²) < 4.78 is 0. The molecule has 200 valence electrons. The van der Waals surface area contributed by atoms with Crippen LogP contribution in [0.3, 0.4) is 0 Å². The van der Waals surface area contributed by atoms with Crippen LogP contribution in [0, 0.1) is 0 Å². The lowest BCUT2D eigenvalue weighted by molar-refractivity contribution is 0.195. The highest BCUT2D eigenvalue weighted by molar-refractivity contribution is 8.00. The zero-order chi connectivity index (χ0) is 27.3. The number of fused-ring (bicyclic) bond motifs is 7. The smallest absolute Gasteiger partial charge is 0.249 e. The van der Waals surface area contributed by atoms with Gasteiger partial charge in [-0.1, -0.05) is 122 Å². The molecule has 3 aliphatic heterocycles. The van der Waals surface area contributed by atoms with Gasteiger partial charge >= 0.3 is 0 Å². The van der Waals surface area contributed by atoms with Gasteiger partial charge < -0.3 is 4.90 Å². The van der Waals surface area contributed by atoms with Gasteiger partial charge in [-0.25, -0.2) is 0 Å². The minimum Gasteiger partial charge on any atom is -0.335 e. The highest BCUT2D eigenvalue weighted by atomic mass is 32.2. The van der Waals surface area contributed by atoms with Gasteiger partial charge in [-0.15, -0.1) is 0 Å². The topological polar surface area (TPSA) is 3.24 Å². The number of hydrogen-bond acceptors (Lipinski definition) is 2. The van der Waals surface area contributed by atoms with Crippen molar-refractivity contribution in [2.75, 3.05) is 4.90 Å². The Morgan fingerprint density at radius 3 is 2.46 bits per heavy atom. The van der Waals surface area contributed by atoms with Crippen LogP contribution in [-0.2, 0) is 5.41 Å². The number of hydrogen-bond donors (Lipinski definition) is 0. The molecule has 1 nitrogen and oxygen atoms in total. The van der Waals surface area contributed by atoms with E-state index in [4.69, 9.17) is 0 Å². The normalized spacial score (nSPS) is 24.8. The van der Waals surface area contributed by atoms with Crippen LogP contribution in [0.5, 0.6) is 0 Å². The molecule has 0 amide bonds. The van der Waals surface area contributed by atoms with Gasteiger partial charge in [0.1, 0.15) is 0 Å². The molecule has 2 unspecified atom stereocenters. The second kappa shape index (κ2) is 8.55. The highest BCUT2D eigenvalue weighted by Crippen LogP contribution is 2.62. The molecule has 1 fully saturated rings. The third-order valence-corrected chi connectivity index (χ3v) is 12.4. The Kier molecular flexibility index (Phi) is 5.05. The molecule has 41 heavy (non-hydrogen) atoms. The Balaban J connectivity index is 1.46. The van der Waals surface area contributed by atoms with Crippen molar-refractivity contribution in [1.29, 1.82) is 0 Å². The zero-order valence-corrected chi connectivity index (χ0v) is 24.7. The molecule has 0 spiro atoms. The van der Waals surface area contributed by atoms with E-state index in [1.54, 1.807) is 11.0 Å². The molecule has 5 aliphatic rings. The number of nitrogens with zero attached hydrogens (tertiary/aromatic N) is 1. The predicted molar refractivity (Wildman–Crippen MR) is 176 cm³/mol. The van der Waals surface area contributed by atoms with Crippen molar-refractivity contribution in [3.8, 4) is 11.1 Å². The highest BCUT2D eigenvalue weighted by Gasteiger charge is 2.61. The first-order valence-electron chi connectivity index (χ1n) is 15.4. The predicted octanol–water partition coefficient (Wildman–Crippen LogP) is 8.12. The van der Waals surface area contributed by atoms with Crippen molar-refractivity contribution in [3.63, 3.8) is 0 Å². The van der Waals surface area contributed by atoms with Crippen LogP contribution in [0.4, 0.5) is 11.4 Å². The largest absolute Gasteiger partial charge is 0.335 e. The van der Waals surface area contributed by atoms with E-state index < -0.39 is 0 Å². The third kappa shape index (κ3) is 3.06. The van der Waals surface area contributed by atoms with E-state index in [0.717, 1.165) is 12.8 Å². The van der Waals surface area contributed by atoms with Crippen molar-refractivity contribution in [2.24, 2.45) is 0 Å². The molecule has 0 aromatic heterocycles. The van der Waals surface area contributed by atoms with Crippen molar-refractivity contribution in [3.05, 3.63) is 108 Å². The van der Waals surface area contributed by atoms with Crippen molar-refractivity contribution >= 4 is 51.8 Å². The van der Waals surface area contributed by atoms with E-state index in [1.165, 1.54) is 80.0 Å². The second-order valence-corrected chi connectivity index (χ2v) is 14.1. The van der Waals surface area contributed by atoms with E-state index in [1.807, 2.05) is 11.8 Å². The van der Waals surface area contributed by atoms with Gasteiger partial charge in [-0.3, -0.25) is 0 Å². The molecule has 3 heteroatoms. The lowest BCUT2D eigenvalue weighted by atomic mass is 9.34. The summed E-state index contributed by atoms with van der Waals surface area (Å²) in [6, 6.07) is 30.3. The molecular formula is C38H34BNS. The summed E-state index contributed by atoms with van der Waals surface area (Å²) >= 11 is 2.01. The zero-order valence-electron chi connectivity index (χ0n) is 23.9. The Bertz CT molecular complexity index is 1820. The SMILES string of the molecule is CC12CCCCC1(C)N1c3c(cccc32)B2c3ccccc3Sc3c(C4=CC=CCC4)cc(-c4ccccc4)c1c32. The first-order chi connectivity index (χ1) is 20.1. The van der Waals surface area contributed by atoms with Crippen LogP contribution in [0.15, 0.2) is 107 Å². The number of allylic oxidation sites excluding steroid dienone is 4. The van der Waals surface area contributed by atoms with Gasteiger partial charge in [0.2, 0.25) is 6.71 Å². The molecule has 0 bridgehead atoms. The lowest BCUT2D eigenvalue weighted by Crippen LogP contribution is -2.63. The summed E-state index contributed by atoms with van der Waals surface area (Å²) in [5.74, 6) is 0. The Morgan fingerprint density at radius 1 is 0.805 bits per heavy atom. The van der Waals surface area contributed by atoms with Crippen molar-refractivity contribution in [2.45, 2.75) is 73.1 Å². The molecule has 3 heterocycles. The van der Waals surface area contributed by atoms with Crippen LogP contribution in [0.1, 0.15) is 63.5 Å². The van der Waals surface area contributed by atoms with E-state index >= 15 is 0 Å². The first kappa shape index (κ1) is 24.2. The summed E-state index contributed by atoms with van der Waals surface area (Å²) in [7, 11) is 0. The van der Waals surface area contributed by atoms with Crippen molar-refractivity contribution < 1.29 is 0 Å². The molecule has 0 saturated heterocycles. The van der Waals surface area contributed by atoms with Gasteiger partial charge in [0.05, 0.1) is 5.54 Å². The molecule has 1 saturated carbocycles. The fourth-order valence-electron chi connectivity index (χ4n) is 8.97. The quantitative estimate of drug-likeness (QED) is 0.205. The fraction of sp³-hybridized carbons (Fsp3) is 0.263. The van der Waals surface area contributed by atoms with Gasteiger partial charge in [0.15, 0.2) is 0 Å². The summed E-state index contributed by atoms with van der Waals surface area (Å²) in [5.41, 5.74) is 14.9. The van der Waals surface area contributed by atoms with Crippen LogP contribution in [-0.4, -0.2) is 12.3 Å². The third-order valence-electron chi connectivity index (χ3n) is 11.2. The Morgan fingerprint density at radius 2 is 1.61 bits per heavy atom. The Hall–Kier alpha value is -3.43. The summed E-state index contributed by atoms with van der Waals surface area (Å²) in [6.45, 7) is 5.41. The van der Waals surface area contributed by atoms with E-state index in [0.29, 0.717) is 0 Å². The average molecular weight is 548 g/mol. The minimum absolute atomic E-state index is 0.0436. The van der Waals surface area contributed by atoms with Crippen molar-refractivity contribution in [1.82, 2.24) is 0 Å². The maximum absolute atomic E-state index is 2.88. The summed E-state index contributed by atoms with van der Waals surface area (Å²) in [4.78, 5) is 5.77. The first-order valence-corrected chi connectivity index (χ1v) is 16.2. The standard InChI is InChI=1S/C38H34BNS/c1-37-22-11-12-23-38(37,2)40-34-27(25-14-5-3-6-15-25)24-28(26-16-7-4-8-17-26)36-33(34)39(30-19-9-10-21-32(30)41-36)31-20-13-18-29(37)35(31)40/h3-7,9-10,13-16,18-21,24H,8,11-12,17,22-23H2,1-2H3. The van der Waals surface area contributed by atoms with E-state index in [-0.39, 0.29) is 17.7 Å². The molecule has 0 radical (unpaired) electrons. The molecule has 2 aliphatic carbocycles. The summed E-state index contributed by atoms with van der Waals surface area (Å²) in [6.07, 6.45) is 14.3. The van der Waals surface area contributed by atoms with Crippen LogP contribution in [0.25, 0.3) is 16.7 Å². The average Bonchev–Trinajstić information content (AvgIpc) is 3.24. The van der Waals surface area contributed by atoms with Crippen LogP contribution >= 0.6 is 11.8 Å². The molecular weight excluding hydrogens is 513 g/mol.